The van der Waals surface area contributed by atoms with Gasteiger partial charge in [0.25, 0.3) is 0 Å². The number of carbonyl (C=O) groups excluding carboxylic acids is 11. The van der Waals surface area contributed by atoms with Crippen LogP contribution in [-0.2, 0) is 79.6 Å². The minimum absolute atomic E-state index is 0.0237. The number of hydrogen-bond donors (Lipinski definition) is 5. The fraction of sp³-hybridized carbons (Fsp3) is 0.627. The molecule has 1 heterocycles. The highest BCUT2D eigenvalue weighted by Crippen LogP contribution is 2.50. The van der Waals surface area contributed by atoms with E-state index in [1.165, 1.54) is 94.6 Å². The van der Waals surface area contributed by atoms with Crippen LogP contribution < -0.4 is 26.0 Å². The molecule has 0 saturated carbocycles. The van der Waals surface area contributed by atoms with Crippen LogP contribution in [0.2, 0.25) is 0 Å². The lowest BCUT2D eigenvalue weighted by Crippen LogP contribution is -2.69. The lowest BCUT2D eigenvalue weighted by molar-refractivity contribution is -0.163. The fourth-order valence-corrected chi connectivity index (χ4v) is 14.7. The molecule has 4 rings (SSSR count). The van der Waals surface area contributed by atoms with E-state index < -0.39 is 163 Å². The summed E-state index contributed by atoms with van der Waals surface area (Å²) < 4.78 is 32.0. The van der Waals surface area contributed by atoms with Gasteiger partial charge in [0, 0.05) is 49.3 Å². The summed E-state index contributed by atoms with van der Waals surface area (Å²) in [5.41, 5.74) is 0.0565. The Morgan fingerprint density at radius 1 is 0.514 bits per heavy atom. The Bertz CT molecular complexity index is 3630. The predicted molar refractivity (Wildman–Crippen MR) is 429 cm³/mol. The molecular formula is C83H130N11O16P. The average Bonchev–Trinajstić information content (AvgIpc) is 0.768. The summed E-state index contributed by atoms with van der Waals surface area (Å²) in [6.45, 7) is 28.7. The normalized spacial score (nSPS) is 24.1. The van der Waals surface area contributed by atoms with E-state index in [0.29, 0.717) is 11.3 Å². The second-order valence-corrected chi connectivity index (χ2v) is 34.5. The minimum Gasteiger partial charge on any atom is -0.481 e. The average molecular weight is 1570 g/mol. The molecule has 0 spiro atoms. The number of nitrogens with zero attached hydrogens (tertiary/aromatic N) is 7. The molecule has 28 heteroatoms. The number of benzene rings is 3. The van der Waals surface area contributed by atoms with E-state index in [4.69, 9.17) is 13.8 Å². The lowest BCUT2D eigenvalue weighted by atomic mass is 9.81. The monoisotopic (exact) mass is 1570 g/mol. The van der Waals surface area contributed by atoms with Gasteiger partial charge in [0.15, 0.2) is 6.35 Å². The van der Waals surface area contributed by atoms with Crippen LogP contribution in [0.25, 0.3) is 6.08 Å². The Morgan fingerprint density at radius 2 is 0.955 bits per heavy atom. The van der Waals surface area contributed by atoms with Gasteiger partial charge in [0.05, 0.1) is 25.9 Å². The van der Waals surface area contributed by atoms with Crippen molar-refractivity contribution in [1.29, 1.82) is 0 Å². The van der Waals surface area contributed by atoms with Crippen molar-refractivity contribution >= 4 is 78.7 Å². The van der Waals surface area contributed by atoms with Crippen molar-refractivity contribution in [2.45, 2.75) is 235 Å². The first-order valence-corrected chi connectivity index (χ1v) is 40.7. The molecule has 1 aliphatic rings. The molecule has 0 bridgehead atoms. The van der Waals surface area contributed by atoms with Crippen LogP contribution in [0.4, 0.5) is 0 Å². The zero-order valence-corrected chi connectivity index (χ0v) is 71.2. The van der Waals surface area contributed by atoms with Crippen LogP contribution >= 0.6 is 7.60 Å². The molecule has 12 atom stereocenters. The fourth-order valence-electron chi connectivity index (χ4n) is 13.5. The smallest absolute Gasteiger partial charge is 0.368 e. The summed E-state index contributed by atoms with van der Waals surface area (Å²) >= 11 is 0. The first-order chi connectivity index (χ1) is 51.8. The maximum absolute atomic E-state index is 15.8. The summed E-state index contributed by atoms with van der Waals surface area (Å²) in [4.78, 5) is 172. The Kier molecular flexibility index (Phi) is 37.2. The Labute approximate surface area is 659 Å². The summed E-state index contributed by atoms with van der Waals surface area (Å²) in [5, 5.41) is 24.0. The third-order valence-corrected chi connectivity index (χ3v) is 22.1. The topological polar surface area (TPSA) is 324 Å². The highest BCUT2D eigenvalue weighted by molar-refractivity contribution is 7.53. The molecule has 5 N–H and O–H groups in total. The zero-order chi connectivity index (χ0) is 83.9. The van der Waals surface area contributed by atoms with Gasteiger partial charge in [0.2, 0.25) is 65.0 Å². The van der Waals surface area contributed by atoms with Crippen molar-refractivity contribution in [2.24, 2.45) is 41.4 Å². The van der Waals surface area contributed by atoms with E-state index in [1.54, 1.807) is 78.0 Å². The van der Waals surface area contributed by atoms with Crippen molar-refractivity contribution in [1.82, 2.24) is 55.6 Å². The Hall–Kier alpha value is -8.52. The number of aliphatic hydroxyl groups excluding tert-OH is 1. The second kappa shape index (κ2) is 43.5. The quantitative estimate of drug-likeness (QED) is 0.0495. The van der Waals surface area contributed by atoms with Crippen molar-refractivity contribution < 1.29 is 76.2 Å². The third-order valence-electron chi connectivity index (χ3n) is 20.6. The van der Waals surface area contributed by atoms with E-state index in [0.717, 1.165) is 20.9 Å². The first kappa shape index (κ1) is 94.9. The number of allylic oxidation sites excluding steroid dienone is 1. The predicted octanol–water partition coefficient (Wildman–Crippen LogP) is 8.76. The van der Waals surface area contributed by atoms with E-state index in [9.17, 15) is 43.2 Å². The molecule has 1 fully saturated rings. The van der Waals surface area contributed by atoms with E-state index >= 15 is 19.2 Å². The highest BCUT2D eigenvalue weighted by atomic mass is 31.2. The number of ether oxygens (including phenoxy) is 1. The molecule has 0 radical (unpaired) electrons. The molecular weight excluding hydrogens is 1440 g/mol. The highest BCUT2D eigenvalue weighted by Gasteiger charge is 2.52. The number of carbonyl (C=O) groups is 11. The van der Waals surface area contributed by atoms with Gasteiger partial charge in [-0.1, -0.05) is 182 Å². The summed E-state index contributed by atoms with van der Waals surface area (Å²) in [6.07, 6.45) is 2.03. The maximum atomic E-state index is 15.8. The Balaban J connectivity index is 1.85. The third kappa shape index (κ3) is 26.8. The summed E-state index contributed by atoms with van der Waals surface area (Å²) in [5.74, 6) is -10.2. The van der Waals surface area contributed by atoms with Crippen molar-refractivity contribution in [2.75, 3.05) is 62.2 Å². The Morgan fingerprint density at radius 3 is 1.42 bits per heavy atom. The van der Waals surface area contributed by atoms with Crippen LogP contribution in [0.1, 0.15) is 173 Å². The number of likely N-dealkylation sites (N-methyl/N-ethyl adjacent to an activating group) is 7. The van der Waals surface area contributed by atoms with E-state index in [1.807, 2.05) is 116 Å². The molecule has 1 aliphatic heterocycles. The molecule has 618 valence electrons. The SMILES string of the molecule is CC[C@@H]1NC(=O)[C@@](C)([C@H](O)[C@H](C)C/C=C/c2ccc(OCP(=O)(OCc3ccccc3)OCc3ccccc3)cc2)N(C)C(=O)[C@H](C(C)C)N(C)C(=O)[C@H](CC(C)C)N(C)C(=O)[C@H](CC(C)C)N(C)C(=O)[C@@H](C)NC(=O)[C@H](C)NC(=O)[C@H](CC(C)C)N(C)C(=O)[C@H](C(C)C)NC(=O)[C@H](CC(C)C)N(C)C(=O)CN(C)C1=O. The molecule has 11 amide bonds. The molecule has 111 heavy (non-hydrogen) atoms. The number of aliphatic hydroxyl groups is 1. The second-order valence-electron chi connectivity index (χ2n) is 32.5. The van der Waals surface area contributed by atoms with Gasteiger partial charge in [0.1, 0.15) is 65.7 Å². The number of nitrogens with one attached hydrogen (secondary N) is 4. The maximum Gasteiger partial charge on any atom is 0.368 e. The minimum atomic E-state index is -3.83. The summed E-state index contributed by atoms with van der Waals surface area (Å²) in [7, 11) is 6.02. The first-order valence-electron chi connectivity index (χ1n) is 38.9. The van der Waals surface area contributed by atoms with Crippen LogP contribution in [0, 0.1) is 41.4 Å². The number of amides is 11. The van der Waals surface area contributed by atoms with E-state index in [-0.39, 0.29) is 81.8 Å². The van der Waals surface area contributed by atoms with Crippen molar-refractivity contribution in [3.05, 3.63) is 108 Å². The van der Waals surface area contributed by atoms with Crippen LogP contribution in [-0.4, -0.2) is 233 Å². The van der Waals surface area contributed by atoms with Crippen LogP contribution in [0.3, 0.4) is 0 Å². The lowest BCUT2D eigenvalue weighted by Gasteiger charge is -2.46. The molecule has 27 nitrogen and oxygen atoms in total. The van der Waals surface area contributed by atoms with Gasteiger partial charge in [-0.25, -0.2) is 0 Å². The number of rotatable bonds is 25. The standard InChI is InChI=1S/C83H130N11O16P/c1-25-64-77(101)88(18)47-69(95)89(19)65(43-51(2)3)75(99)87-70(55(10)11)80(104)90(20)66(44-52(4)5)74(98)84-58(15)73(97)85-59(16)76(100)91(21)67(45-53(6)7)78(102)92(22)68(46-54(8)9)79(103)93(23)71(56(12)13)81(105)94(24)83(17,82(106)86-64)72(96)57(14)33-32-38-60-39-41-63(42-40-60)108-50-111(107,109-48-61-34-28-26-29-35-61)110-49-62-36-30-27-31-37-62/h26-32,34-42,51-59,64-68,70-72,96H,25,33,43-50H2,1-24H3,(H,84,98)(H,85,97)(H,86,106)(H,87,99)/b38-32+/t57-,58+,59-,64+,65+,66+,67+,68+,70+,71+,72-,83-/m1/s1. The van der Waals surface area contributed by atoms with Crippen molar-refractivity contribution in [3.63, 3.8) is 0 Å². The van der Waals surface area contributed by atoms with Crippen LogP contribution in [0.5, 0.6) is 5.75 Å². The van der Waals surface area contributed by atoms with Gasteiger partial charge in [-0.2, -0.15) is 0 Å². The molecule has 3 aromatic rings. The van der Waals surface area contributed by atoms with Gasteiger partial charge < -0.3 is 74.5 Å². The molecule has 0 aliphatic carbocycles. The van der Waals surface area contributed by atoms with Crippen LogP contribution in [0.15, 0.2) is 91.0 Å². The van der Waals surface area contributed by atoms with Gasteiger partial charge in [-0.15, -0.1) is 0 Å². The van der Waals surface area contributed by atoms with E-state index in [2.05, 4.69) is 21.3 Å². The summed E-state index contributed by atoms with van der Waals surface area (Å²) in [6, 6.07) is 14.2. The molecule has 1 saturated heterocycles. The molecule has 3 aromatic carbocycles. The molecule has 0 unspecified atom stereocenters. The van der Waals surface area contributed by atoms with Gasteiger partial charge >= 0.3 is 7.60 Å². The van der Waals surface area contributed by atoms with Gasteiger partial charge in [-0.3, -0.25) is 57.3 Å². The zero-order valence-electron chi connectivity index (χ0n) is 70.3. The van der Waals surface area contributed by atoms with Crippen molar-refractivity contribution in [3.8, 4) is 5.75 Å². The van der Waals surface area contributed by atoms with Gasteiger partial charge in [-0.05, 0) is 130 Å². The molecule has 0 aromatic heterocycles. The largest absolute Gasteiger partial charge is 0.481 e. The number of hydrogen-bond acceptors (Lipinski definition) is 16.